The fourth-order valence-electron chi connectivity index (χ4n) is 1.33. The Labute approximate surface area is 76.7 Å². The molecule has 68 valence electrons. The van der Waals surface area contributed by atoms with Gasteiger partial charge < -0.3 is 0 Å². The summed E-state index contributed by atoms with van der Waals surface area (Å²) in [7, 11) is 0.881. The molecule has 1 unspecified atom stereocenters. The Hall–Kier alpha value is -0.290. The van der Waals surface area contributed by atoms with Crippen molar-refractivity contribution in [2.75, 3.05) is 0 Å². The molecule has 1 nitrogen and oxygen atoms in total. The summed E-state index contributed by atoms with van der Waals surface area (Å²) in [6.07, 6.45) is 10.0. The maximum atomic E-state index is 4.30. The van der Waals surface area contributed by atoms with E-state index in [9.17, 15) is 0 Å². The van der Waals surface area contributed by atoms with Crippen molar-refractivity contribution in [2.45, 2.75) is 45.4 Å². The molecule has 1 atom stereocenters. The molecule has 1 aromatic rings. The molecule has 0 aliphatic carbocycles. The predicted molar refractivity (Wildman–Crippen MR) is 56.2 cm³/mol. The SMILES string of the molecule is CCCCCCCc1ncc[pH]1. The van der Waals surface area contributed by atoms with Crippen molar-refractivity contribution >= 4 is 8.19 Å². The van der Waals surface area contributed by atoms with E-state index in [-0.39, 0.29) is 0 Å². The summed E-state index contributed by atoms with van der Waals surface area (Å²) in [5.74, 6) is 2.17. The number of hydrogen-bond donors (Lipinski definition) is 0. The summed E-state index contributed by atoms with van der Waals surface area (Å²) < 4.78 is 0. The van der Waals surface area contributed by atoms with E-state index in [1.54, 1.807) is 0 Å². The molecule has 0 aliphatic heterocycles. The fourth-order valence-corrected chi connectivity index (χ4v) is 2.14. The van der Waals surface area contributed by atoms with Crippen molar-refractivity contribution in [2.24, 2.45) is 0 Å². The monoisotopic (exact) mass is 183 g/mol. The van der Waals surface area contributed by atoms with Crippen LogP contribution in [0.4, 0.5) is 0 Å². The molecule has 0 aromatic carbocycles. The van der Waals surface area contributed by atoms with Crippen molar-refractivity contribution in [1.29, 1.82) is 0 Å². The summed E-state index contributed by atoms with van der Waals surface area (Å²) in [6.45, 7) is 2.26. The van der Waals surface area contributed by atoms with E-state index in [1.807, 2.05) is 6.20 Å². The minimum atomic E-state index is 0.881. The lowest BCUT2D eigenvalue weighted by Crippen LogP contribution is -1.83. The summed E-state index contributed by atoms with van der Waals surface area (Å²) in [6, 6.07) is 0. The van der Waals surface area contributed by atoms with Crippen LogP contribution < -0.4 is 0 Å². The number of rotatable bonds is 6. The first-order valence-electron chi connectivity index (χ1n) is 4.91. The van der Waals surface area contributed by atoms with E-state index < -0.39 is 0 Å². The van der Waals surface area contributed by atoms with Crippen LogP contribution in [0.5, 0.6) is 0 Å². The van der Waals surface area contributed by atoms with Crippen LogP contribution in [0.2, 0.25) is 0 Å². The number of aryl methyl sites for hydroxylation is 1. The quantitative estimate of drug-likeness (QED) is 0.614. The summed E-state index contributed by atoms with van der Waals surface area (Å²) in [5.41, 5.74) is 1.41. The Morgan fingerprint density at radius 3 is 2.75 bits per heavy atom. The zero-order valence-corrected chi connectivity index (χ0v) is 8.84. The van der Waals surface area contributed by atoms with Gasteiger partial charge in [0.15, 0.2) is 0 Å². The van der Waals surface area contributed by atoms with Gasteiger partial charge in [-0.25, -0.2) is 0 Å². The van der Waals surface area contributed by atoms with Crippen molar-refractivity contribution in [3.05, 3.63) is 17.4 Å². The third-order valence-corrected chi connectivity index (χ3v) is 3.10. The molecular formula is C10H18NP. The lowest BCUT2D eigenvalue weighted by molar-refractivity contribution is 0.631. The summed E-state index contributed by atoms with van der Waals surface area (Å²) >= 11 is 0. The predicted octanol–water partition coefficient (Wildman–Crippen LogP) is 3.63. The van der Waals surface area contributed by atoms with E-state index in [0.717, 1.165) is 8.19 Å². The lowest BCUT2D eigenvalue weighted by Gasteiger charge is -1.97. The second-order valence-electron chi connectivity index (χ2n) is 3.20. The van der Waals surface area contributed by atoms with E-state index >= 15 is 0 Å². The number of hydrogen-bond acceptors (Lipinski definition) is 1. The Kier molecular flexibility index (Phi) is 5.10. The van der Waals surface area contributed by atoms with Gasteiger partial charge in [-0.05, 0) is 18.6 Å². The van der Waals surface area contributed by atoms with Gasteiger partial charge in [0.2, 0.25) is 0 Å². The Morgan fingerprint density at radius 1 is 1.25 bits per heavy atom. The van der Waals surface area contributed by atoms with Crippen LogP contribution in [0.15, 0.2) is 12.0 Å². The van der Waals surface area contributed by atoms with E-state index in [4.69, 9.17) is 0 Å². The van der Waals surface area contributed by atoms with Gasteiger partial charge >= 0.3 is 0 Å². The molecule has 2 heteroatoms. The topological polar surface area (TPSA) is 12.9 Å². The van der Waals surface area contributed by atoms with Gasteiger partial charge in [-0.3, -0.25) is 4.98 Å². The van der Waals surface area contributed by atoms with E-state index in [2.05, 4.69) is 17.7 Å². The maximum Gasteiger partial charge on any atom is 0.0561 e. The zero-order chi connectivity index (χ0) is 8.65. The van der Waals surface area contributed by atoms with Gasteiger partial charge in [0, 0.05) is 6.20 Å². The summed E-state index contributed by atoms with van der Waals surface area (Å²) in [5, 5.41) is 0. The minimum absolute atomic E-state index is 0.881. The molecule has 0 aliphatic rings. The molecular weight excluding hydrogens is 165 g/mol. The van der Waals surface area contributed by atoms with Gasteiger partial charge in [-0.15, -0.1) is 8.19 Å². The average molecular weight is 183 g/mol. The summed E-state index contributed by atoms with van der Waals surface area (Å²) in [4.78, 5) is 4.30. The van der Waals surface area contributed by atoms with Crippen LogP contribution in [0.25, 0.3) is 0 Å². The van der Waals surface area contributed by atoms with Gasteiger partial charge in [-0.1, -0.05) is 32.6 Å². The highest BCUT2D eigenvalue weighted by atomic mass is 31.0. The third-order valence-electron chi connectivity index (χ3n) is 2.07. The first-order valence-corrected chi connectivity index (χ1v) is 5.99. The Balaban J connectivity index is 1.96. The molecule has 0 amide bonds. The average Bonchev–Trinajstić information content (AvgIpc) is 2.57. The second-order valence-corrected chi connectivity index (χ2v) is 4.40. The first-order chi connectivity index (χ1) is 5.93. The number of unbranched alkanes of at least 4 members (excludes halogenated alkanes) is 4. The highest BCUT2D eigenvalue weighted by Gasteiger charge is 1.93. The molecule has 0 radical (unpaired) electrons. The van der Waals surface area contributed by atoms with Crippen molar-refractivity contribution < 1.29 is 0 Å². The van der Waals surface area contributed by atoms with Crippen molar-refractivity contribution in [3.8, 4) is 0 Å². The molecule has 0 N–H and O–H groups in total. The van der Waals surface area contributed by atoms with Crippen molar-refractivity contribution in [3.63, 3.8) is 0 Å². The number of nitrogens with zero attached hydrogens (tertiary/aromatic N) is 1. The third kappa shape index (κ3) is 3.92. The molecule has 0 spiro atoms. The molecule has 0 saturated heterocycles. The molecule has 1 rings (SSSR count). The van der Waals surface area contributed by atoms with Gasteiger partial charge in [0.05, 0.1) is 5.43 Å². The minimum Gasteiger partial charge on any atom is -0.257 e. The molecule has 1 heterocycles. The molecule has 0 saturated carbocycles. The van der Waals surface area contributed by atoms with Crippen LogP contribution in [-0.4, -0.2) is 4.98 Å². The normalized spacial score (nSPS) is 11.1. The molecule has 0 fully saturated rings. The first kappa shape index (κ1) is 9.80. The highest BCUT2D eigenvalue weighted by molar-refractivity contribution is 7.29. The zero-order valence-electron chi connectivity index (χ0n) is 7.84. The smallest absolute Gasteiger partial charge is 0.0561 e. The Bertz CT molecular complexity index is 182. The highest BCUT2D eigenvalue weighted by Crippen LogP contribution is 2.14. The molecule has 1 aromatic heterocycles. The standard InChI is InChI=1S/C10H18NP/c1-2-3-4-5-6-7-10-11-8-9-12-10/h8-9,12H,2-7H2,1H3. The van der Waals surface area contributed by atoms with Crippen LogP contribution >= 0.6 is 8.19 Å². The van der Waals surface area contributed by atoms with E-state index in [0.29, 0.717) is 0 Å². The number of aromatic nitrogens is 1. The van der Waals surface area contributed by atoms with Gasteiger partial charge in [0.25, 0.3) is 0 Å². The van der Waals surface area contributed by atoms with Crippen LogP contribution in [-0.2, 0) is 6.42 Å². The van der Waals surface area contributed by atoms with Gasteiger partial charge in [0.1, 0.15) is 0 Å². The molecule has 12 heavy (non-hydrogen) atoms. The Morgan fingerprint density at radius 2 is 2.08 bits per heavy atom. The van der Waals surface area contributed by atoms with E-state index in [1.165, 1.54) is 44.0 Å². The van der Waals surface area contributed by atoms with Gasteiger partial charge in [-0.2, -0.15) is 0 Å². The second kappa shape index (κ2) is 6.25. The molecule has 0 bridgehead atoms. The maximum absolute atomic E-state index is 4.30. The van der Waals surface area contributed by atoms with Crippen molar-refractivity contribution in [1.82, 2.24) is 4.98 Å². The largest absolute Gasteiger partial charge is 0.257 e. The van der Waals surface area contributed by atoms with Crippen LogP contribution in [0, 0.1) is 0 Å². The fraction of sp³-hybridized carbons (Fsp3) is 0.700. The van der Waals surface area contributed by atoms with Crippen LogP contribution in [0.3, 0.4) is 0 Å². The lowest BCUT2D eigenvalue weighted by atomic mass is 10.1. The van der Waals surface area contributed by atoms with Crippen LogP contribution in [0.1, 0.15) is 44.5 Å².